The molecular weight excluding hydrogens is 230 g/mol. The maximum absolute atomic E-state index is 12.0. The summed E-state index contributed by atoms with van der Waals surface area (Å²) in [4.78, 5) is 12.0. The fraction of sp³-hybridized carbons (Fsp3) is 0.500. The first-order valence-electron chi connectivity index (χ1n) is 6.23. The van der Waals surface area contributed by atoms with Crippen molar-refractivity contribution >= 4 is 11.7 Å². The second kappa shape index (κ2) is 5.40. The Kier molecular flexibility index (Phi) is 3.87. The van der Waals surface area contributed by atoms with Crippen LogP contribution in [-0.4, -0.2) is 25.3 Å². The Hall–Kier alpha value is -1.55. The molecule has 1 heterocycles. The molecule has 1 saturated heterocycles. The van der Waals surface area contributed by atoms with Crippen molar-refractivity contribution in [2.45, 2.75) is 32.8 Å². The zero-order valence-corrected chi connectivity index (χ0v) is 10.9. The van der Waals surface area contributed by atoms with Crippen molar-refractivity contribution in [1.29, 1.82) is 0 Å². The summed E-state index contributed by atoms with van der Waals surface area (Å²) < 4.78 is 10.7. The number of ether oxygens (including phenoxy) is 2. The van der Waals surface area contributed by atoms with Crippen molar-refractivity contribution in [3.63, 3.8) is 0 Å². The highest BCUT2D eigenvalue weighted by Crippen LogP contribution is 2.21. The van der Waals surface area contributed by atoms with Gasteiger partial charge in [0.05, 0.1) is 11.7 Å². The van der Waals surface area contributed by atoms with E-state index in [0.717, 1.165) is 30.6 Å². The van der Waals surface area contributed by atoms with Crippen molar-refractivity contribution in [2.75, 3.05) is 18.9 Å². The van der Waals surface area contributed by atoms with E-state index in [1.165, 1.54) is 0 Å². The minimum Gasteiger partial charge on any atom is -0.459 e. The lowest BCUT2D eigenvalue weighted by molar-refractivity contribution is 0.0162. The molecule has 0 saturated carbocycles. The number of carbonyl (C=O) groups excluding carboxylic acids is 1. The van der Waals surface area contributed by atoms with Crippen molar-refractivity contribution in [1.82, 2.24) is 0 Å². The molecule has 4 nitrogen and oxygen atoms in total. The fourth-order valence-corrected chi connectivity index (χ4v) is 2.17. The van der Waals surface area contributed by atoms with Gasteiger partial charge in [0.25, 0.3) is 0 Å². The number of esters is 1. The number of anilines is 1. The second-order valence-corrected chi connectivity index (χ2v) is 4.78. The molecule has 0 aliphatic carbocycles. The Morgan fingerprint density at radius 2 is 2.28 bits per heavy atom. The van der Waals surface area contributed by atoms with Gasteiger partial charge in [-0.05, 0) is 43.9 Å². The number of rotatable bonds is 3. The Morgan fingerprint density at radius 3 is 2.94 bits per heavy atom. The number of hydrogen-bond donors (Lipinski definition) is 1. The third kappa shape index (κ3) is 2.82. The van der Waals surface area contributed by atoms with Gasteiger partial charge in [0.15, 0.2) is 0 Å². The van der Waals surface area contributed by atoms with E-state index in [9.17, 15) is 4.79 Å². The minimum atomic E-state index is -0.366. The van der Waals surface area contributed by atoms with Gasteiger partial charge in [-0.15, -0.1) is 0 Å². The van der Waals surface area contributed by atoms with E-state index in [4.69, 9.17) is 15.2 Å². The lowest BCUT2D eigenvalue weighted by Gasteiger charge is -2.12. The molecule has 18 heavy (non-hydrogen) atoms. The van der Waals surface area contributed by atoms with Crippen molar-refractivity contribution in [3.8, 4) is 0 Å². The monoisotopic (exact) mass is 249 g/mol. The smallest absolute Gasteiger partial charge is 0.340 e. The Labute approximate surface area is 107 Å². The first-order valence-corrected chi connectivity index (χ1v) is 6.23. The van der Waals surface area contributed by atoms with E-state index < -0.39 is 0 Å². The molecule has 1 aromatic rings. The largest absolute Gasteiger partial charge is 0.459 e. The zero-order chi connectivity index (χ0) is 13.1. The lowest BCUT2D eigenvalue weighted by Crippen LogP contribution is -2.19. The van der Waals surface area contributed by atoms with Gasteiger partial charge in [-0.25, -0.2) is 4.79 Å². The quantitative estimate of drug-likeness (QED) is 0.659. The Morgan fingerprint density at radius 1 is 1.50 bits per heavy atom. The summed E-state index contributed by atoms with van der Waals surface area (Å²) >= 11 is 0. The van der Waals surface area contributed by atoms with Crippen LogP contribution in [0.25, 0.3) is 0 Å². The third-order valence-electron chi connectivity index (χ3n) is 3.18. The van der Waals surface area contributed by atoms with Crippen LogP contribution in [0.2, 0.25) is 0 Å². The summed E-state index contributed by atoms with van der Waals surface area (Å²) in [6.45, 7) is 4.89. The molecule has 0 aromatic heterocycles. The van der Waals surface area contributed by atoms with Crippen LogP contribution in [0.1, 0.15) is 34.3 Å². The van der Waals surface area contributed by atoms with Gasteiger partial charge in [-0.1, -0.05) is 6.07 Å². The standard InChI is InChI=1S/C14H19NO3/c1-9-6-10(2)13(15)12(7-9)14(16)18-8-11-4-3-5-17-11/h6-7,11H,3-5,8,15H2,1-2H3. The van der Waals surface area contributed by atoms with E-state index in [1.54, 1.807) is 6.07 Å². The molecule has 1 aliphatic rings. The van der Waals surface area contributed by atoms with Gasteiger partial charge in [-0.2, -0.15) is 0 Å². The molecular formula is C14H19NO3. The van der Waals surface area contributed by atoms with Crippen LogP contribution in [0.3, 0.4) is 0 Å². The number of hydrogen-bond acceptors (Lipinski definition) is 4. The maximum Gasteiger partial charge on any atom is 0.340 e. The van der Waals surface area contributed by atoms with Crippen molar-refractivity contribution < 1.29 is 14.3 Å². The van der Waals surface area contributed by atoms with E-state index in [-0.39, 0.29) is 12.1 Å². The summed E-state index contributed by atoms with van der Waals surface area (Å²) in [5.74, 6) is -0.366. The Bertz CT molecular complexity index is 451. The lowest BCUT2D eigenvalue weighted by atomic mass is 10.0. The molecule has 1 atom stereocenters. The minimum absolute atomic E-state index is 0.0427. The molecule has 2 rings (SSSR count). The highest BCUT2D eigenvalue weighted by atomic mass is 16.6. The second-order valence-electron chi connectivity index (χ2n) is 4.78. The molecule has 0 spiro atoms. The Balaban J connectivity index is 2.04. The summed E-state index contributed by atoms with van der Waals surface area (Å²) in [6, 6.07) is 3.71. The highest BCUT2D eigenvalue weighted by molar-refractivity contribution is 5.96. The van der Waals surface area contributed by atoms with E-state index >= 15 is 0 Å². The van der Waals surface area contributed by atoms with Crippen LogP contribution in [-0.2, 0) is 9.47 Å². The maximum atomic E-state index is 12.0. The fourth-order valence-electron chi connectivity index (χ4n) is 2.17. The molecule has 98 valence electrons. The normalized spacial score (nSPS) is 18.9. The van der Waals surface area contributed by atoms with Gasteiger partial charge in [-0.3, -0.25) is 0 Å². The van der Waals surface area contributed by atoms with Gasteiger partial charge < -0.3 is 15.2 Å². The third-order valence-corrected chi connectivity index (χ3v) is 3.18. The average Bonchev–Trinajstić information content (AvgIpc) is 2.83. The van der Waals surface area contributed by atoms with Crippen LogP contribution in [0.5, 0.6) is 0 Å². The summed E-state index contributed by atoms with van der Waals surface area (Å²) in [5, 5.41) is 0. The van der Waals surface area contributed by atoms with Crippen LogP contribution in [0, 0.1) is 13.8 Å². The van der Waals surface area contributed by atoms with Crippen molar-refractivity contribution in [3.05, 3.63) is 28.8 Å². The average molecular weight is 249 g/mol. The number of carbonyl (C=O) groups is 1. The number of nitrogens with two attached hydrogens (primary N) is 1. The van der Waals surface area contributed by atoms with Gasteiger partial charge >= 0.3 is 5.97 Å². The topological polar surface area (TPSA) is 61.6 Å². The molecule has 1 aromatic carbocycles. The van der Waals surface area contributed by atoms with E-state index in [0.29, 0.717) is 17.9 Å². The molecule has 2 N–H and O–H groups in total. The molecule has 1 unspecified atom stereocenters. The molecule has 1 aliphatic heterocycles. The summed E-state index contributed by atoms with van der Waals surface area (Å²) in [7, 11) is 0. The van der Waals surface area contributed by atoms with Crippen LogP contribution >= 0.6 is 0 Å². The van der Waals surface area contributed by atoms with Gasteiger partial charge in [0, 0.05) is 12.3 Å². The molecule has 0 bridgehead atoms. The van der Waals surface area contributed by atoms with Gasteiger partial charge in [0.1, 0.15) is 6.61 Å². The summed E-state index contributed by atoms with van der Waals surface area (Å²) in [5.41, 5.74) is 8.76. The molecule has 4 heteroatoms. The number of benzene rings is 1. The molecule has 0 radical (unpaired) electrons. The number of aryl methyl sites for hydroxylation is 2. The zero-order valence-electron chi connectivity index (χ0n) is 10.9. The predicted octanol–water partition coefficient (Wildman–Crippen LogP) is 2.22. The molecule has 0 amide bonds. The van der Waals surface area contributed by atoms with Gasteiger partial charge in [0.2, 0.25) is 0 Å². The summed E-state index contributed by atoms with van der Waals surface area (Å²) in [6.07, 6.45) is 2.03. The van der Waals surface area contributed by atoms with Crippen molar-refractivity contribution in [2.24, 2.45) is 0 Å². The van der Waals surface area contributed by atoms with E-state index in [1.807, 2.05) is 19.9 Å². The molecule has 1 fully saturated rings. The SMILES string of the molecule is Cc1cc(C)c(N)c(C(=O)OCC2CCCO2)c1. The van der Waals surface area contributed by atoms with E-state index in [2.05, 4.69) is 0 Å². The first kappa shape index (κ1) is 12.9. The number of nitrogen functional groups attached to an aromatic ring is 1. The first-order chi connectivity index (χ1) is 8.58. The highest BCUT2D eigenvalue weighted by Gasteiger charge is 2.19. The van der Waals surface area contributed by atoms with Crippen LogP contribution < -0.4 is 5.73 Å². The van der Waals surface area contributed by atoms with Crippen LogP contribution in [0.4, 0.5) is 5.69 Å². The van der Waals surface area contributed by atoms with Crippen LogP contribution in [0.15, 0.2) is 12.1 Å². The predicted molar refractivity (Wildman–Crippen MR) is 69.6 cm³/mol.